The van der Waals surface area contributed by atoms with Crippen LogP contribution in [0.15, 0.2) is 42.5 Å². The average molecular weight is 309 g/mol. The topological polar surface area (TPSA) is 118 Å². The van der Waals surface area contributed by atoms with E-state index in [2.05, 4.69) is 9.97 Å². The zero-order valence-electron chi connectivity index (χ0n) is 12.4. The molecule has 0 atom stereocenters. The highest BCUT2D eigenvalue weighted by atomic mass is 16.3. The summed E-state index contributed by atoms with van der Waals surface area (Å²) in [5.41, 5.74) is 8.15. The highest BCUT2D eigenvalue weighted by Crippen LogP contribution is 2.31. The number of aromatic hydroxyl groups is 1. The number of hydrogen-bond acceptors (Lipinski definition) is 6. The van der Waals surface area contributed by atoms with E-state index in [-0.39, 0.29) is 17.6 Å². The summed E-state index contributed by atoms with van der Waals surface area (Å²) in [5, 5.41) is 11.4. The number of benzene rings is 2. The van der Waals surface area contributed by atoms with Gasteiger partial charge in [-0.2, -0.15) is 0 Å². The van der Waals surface area contributed by atoms with Gasteiger partial charge in [0, 0.05) is 17.9 Å². The van der Waals surface area contributed by atoms with Crippen LogP contribution in [0, 0.1) is 0 Å². The third kappa shape index (κ3) is 2.77. The van der Waals surface area contributed by atoms with E-state index in [0.717, 1.165) is 5.01 Å². The number of nitrogens with zero attached hydrogens (tertiary/aromatic N) is 3. The number of carbonyl (C=O) groups excluding carboxylic acids is 1. The molecule has 1 aromatic heterocycles. The standard InChI is InChI=1S/C16H15N5O2/c1-9(22)21(18)11-5-6-14-13(8-11)15(20-16(17)19-14)10-3-2-4-12(23)7-10/h2-8,23H,18H2,1H3,(H2,17,19,20). The maximum atomic E-state index is 11.5. The van der Waals surface area contributed by atoms with Crippen molar-refractivity contribution in [3.63, 3.8) is 0 Å². The van der Waals surface area contributed by atoms with Crippen molar-refractivity contribution in [3.05, 3.63) is 42.5 Å². The van der Waals surface area contributed by atoms with Gasteiger partial charge in [-0.25, -0.2) is 20.8 Å². The van der Waals surface area contributed by atoms with Gasteiger partial charge < -0.3 is 10.8 Å². The van der Waals surface area contributed by atoms with Crippen LogP contribution in [0.3, 0.4) is 0 Å². The molecule has 0 unspecified atom stereocenters. The smallest absolute Gasteiger partial charge is 0.238 e. The summed E-state index contributed by atoms with van der Waals surface area (Å²) in [7, 11) is 0. The number of amides is 1. The van der Waals surface area contributed by atoms with Crippen molar-refractivity contribution in [1.82, 2.24) is 9.97 Å². The molecule has 2 aromatic carbocycles. The number of anilines is 2. The van der Waals surface area contributed by atoms with Crippen molar-refractivity contribution in [3.8, 4) is 17.0 Å². The number of phenols is 1. The number of nitrogens with two attached hydrogens (primary N) is 2. The Morgan fingerprint density at radius 1 is 1.17 bits per heavy atom. The first-order valence-corrected chi connectivity index (χ1v) is 6.88. The van der Waals surface area contributed by atoms with E-state index in [1.54, 1.807) is 42.5 Å². The minimum absolute atomic E-state index is 0.119. The summed E-state index contributed by atoms with van der Waals surface area (Å²) in [4.78, 5) is 19.9. The second-order valence-corrected chi connectivity index (χ2v) is 5.07. The monoisotopic (exact) mass is 309 g/mol. The summed E-state index contributed by atoms with van der Waals surface area (Å²) >= 11 is 0. The summed E-state index contributed by atoms with van der Waals surface area (Å²) in [6, 6.07) is 11.8. The highest BCUT2D eigenvalue weighted by Gasteiger charge is 2.13. The number of hydrogen-bond donors (Lipinski definition) is 3. The number of nitrogen functional groups attached to an aromatic ring is 1. The summed E-state index contributed by atoms with van der Waals surface area (Å²) < 4.78 is 0. The lowest BCUT2D eigenvalue weighted by molar-refractivity contribution is -0.116. The molecule has 23 heavy (non-hydrogen) atoms. The number of hydrazine groups is 1. The molecule has 0 aliphatic carbocycles. The second kappa shape index (κ2) is 5.54. The van der Waals surface area contributed by atoms with Crippen molar-refractivity contribution in [2.75, 3.05) is 10.7 Å². The summed E-state index contributed by atoms with van der Waals surface area (Å²) in [6.45, 7) is 1.37. The molecule has 7 nitrogen and oxygen atoms in total. The molecule has 0 bridgehead atoms. The van der Waals surface area contributed by atoms with Crippen LogP contribution in [0.25, 0.3) is 22.2 Å². The fourth-order valence-electron chi connectivity index (χ4n) is 2.34. The van der Waals surface area contributed by atoms with Crippen LogP contribution in [0.1, 0.15) is 6.92 Å². The van der Waals surface area contributed by atoms with Crippen LogP contribution in [0.2, 0.25) is 0 Å². The molecule has 0 aliphatic rings. The Balaban J connectivity index is 2.27. The van der Waals surface area contributed by atoms with Gasteiger partial charge in [-0.1, -0.05) is 12.1 Å². The molecular weight excluding hydrogens is 294 g/mol. The van der Waals surface area contributed by atoms with Gasteiger partial charge in [-0.3, -0.25) is 4.79 Å². The molecule has 0 saturated heterocycles. The van der Waals surface area contributed by atoms with Crippen LogP contribution in [0.5, 0.6) is 5.75 Å². The minimum Gasteiger partial charge on any atom is -0.508 e. The molecular formula is C16H15N5O2. The molecule has 1 amide bonds. The third-order valence-corrected chi connectivity index (χ3v) is 3.43. The molecule has 0 radical (unpaired) electrons. The highest BCUT2D eigenvalue weighted by molar-refractivity contribution is 5.98. The first kappa shape index (κ1) is 14.7. The van der Waals surface area contributed by atoms with Crippen molar-refractivity contribution >= 4 is 28.4 Å². The van der Waals surface area contributed by atoms with Crippen LogP contribution >= 0.6 is 0 Å². The van der Waals surface area contributed by atoms with Crippen LogP contribution in [-0.4, -0.2) is 21.0 Å². The van der Waals surface area contributed by atoms with E-state index >= 15 is 0 Å². The molecule has 116 valence electrons. The summed E-state index contributed by atoms with van der Waals surface area (Å²) in [6.07, 6.45) is 0. The normalized spacial score (nSPS) is 10.7. The lowest BCUT2D eigenvalue weighted by Crippen LogP contribution is -2.35. The van der Waals surface area contributed by atoms with E-state index in [4.69, 9.17) is 11.6 Å². The number of carbonyl (C=O) groups is 1. The molecule has 0 saturated carbocycles. The van der Waals surface area contributed by atoms with Gasteiger partial charge in [0.1, 0.15) is 5.75 Å². The van der Waals surface area contributed by atoms with Gasteiger partial charge in [-0.15, -0.1) is 0 Å². The Hall–Kier alpha value is -3.19. The quantitative estimate of drug-likeness (QED) is 0.377. The fraction of sp³-hybridized carbons (Fsp3) is 0.0625. The van der Waals surface area contributed by atoms with E-state index in [1.165, 1.54) is 6.92 Å². The van der Waals surface area contributed by atoms with E-state index in [0.29, 0.717) is 27.8 Å². The molecule has 5 N–H and O–H groups in total. The van der Waals surface area contributed by atoms with Gasteiger partial charge >= 0.3 is 0 Å². The maximum absolute atomic E-state index is 11.5. The van der Waals surface area contributed by atoms with E-state index in [1.807, 2.05) is 0 Å². The Labute approximate surface area is 132 Å². The molecule has 7 heteroatoms. The molecule has 0 spiro atoms. The van der Waals surface area contributed by atoms with E-state index in [9.17, 15) is 9.90 Å². The third-order valence-electron chi connectivity index (χ3n) is 3.43. The van der Waals surface area contributed by atoms with E-state index < -0.39 is 0 Å². The minimum atomic E-state index is -0.292. The molecule has 3 rings (SSSR count). The van der Waals surface area contributed by atoms with Gasteiger partial charge in [-0.05, 0) is 30.3 Å². The Bertz CT molecular complexity index is 910. The first-order chi connectivity index (χ1) is 11.0. The molecule has 0 fully saturated rings. The fourth-order valence-corrected chi connectivity index (χ4v) is 2.34. The van der Waals surface area contributed by atoms with Crippen molar-refractivity contribution in [2.24, 2.45) is 5.84 Å². The lowest BCUT2D eigenvalue weighted by Gasteiger charge is -2.15. The molecule has 3 aromatic rings. The summed E-state index contributed by atoms with van der Waals surface area (Å²) in [5.74, 6) is 5.70. The first-order valence-electron chi connectivity index (χ1n) is 6.88. The lowest BCUT2D eigenvalue weighted by atomic mass is 10.1. The van der Waals surface area contributed by atoms with Crippen molar-refractivity contribution in [2.45, 2.75) is 6.92 Å². The van der Waals surface area contributed by atoms with Crippen molar-refractivity contribution in [1.29, 1.82) is 0 Å². The largest absolute Gasteiger partial charge is 0.508 e. The van der Waals surface area contributed by atoms with Crippen LogP contribution < -0.4 is 16.6 Å². The number of fused-ring (bicyclic) bond motifs is 1. The number of phenolic OH excluding ortho intramolecular Hbond substituents is 1. The number of aromatic nitrogens is 2. The predicted molar refractivity (Wildman–Crippen MR) is 88.4 cm³/mol. The van der Waals surface area contributed by atoms with Crippen LogP contribution in [-0.2, 0) is 4.79 Å². The maximum Gasteiger partial charge on any atom is 0.238 e. The Morgan fingerprint density at radius 2 is 1.96 bits per heavy atom. The molecule has 0 aliphatic heterocycles. The van der Waals surface area contributed by atoms with Gasteiger partial charge in [0.2, 0.25) is 11.9 Å². The zero-order valence-corrected chi connectivity index (χ0v) is 12.4. The van der Waals surface area contributed by atoms with Crippen LogP contribution in [0.4, 0.5) is 11.6 Å². The van der Waals surface area contributed by atoms with Gasteiger partial charge in [0.05, 0.1) is 16.9 Å². The SMILES string of the molecule is CC(=O)N(N)c1ccc2nc(N)nc(-c3cccc(O)c3)c2c1. The molecule has 1 heterocycles. The second-order valence-electron chi connectivity index (χ2n) is 5.07. The van der Waals surface area contributed by atoms with Gasteiger partial charge in [0.15, 0.2) is 0 Å². The predicted octanol–water partition coefficient (Wildman–Crippen LogP) is 1.81. The Kier molecular flexibility index (Phi) is 3.55. The van der Waals surface area contributed by atoms with Crippen molar-refractivity contribution < 1.29 is 9.90 Å². The Morgan fingerprint density at radius 3 is 2.65 bits per heavy atom. The average Bonchev–Trinajstić information content (AvgIpc) is 2.52. The number of rotatable bonds is 2. The zero-order chi connectivity index (χ0) is 16.6. The van der Waals surface area contributed by atoms with Gasteiger partial charge in [0.25, 0.3) is 0 Å².